The molecule has 25 heavy (non-hydrogen) atoms. The van der Waals surface area contributed by atoms with Crippen LogP contribution in [0, 0.1) is 0 Å². The number of nitrogens with one attached hydrogen (secondary N) is 2. The number of benzene rings is 2. The Kier molecular flexibility index (Phi) is 10.4. The van der Waals surface area contributed by atoms with E-state index in [1.807, 2.05) is 48.5 Å². The first-order chi connectivity index (χ1) is 11.6. The van der Waals surface area contributed by atoms with Gasteiger partial charge in [-0.25, -0.2) is 0 Å². The Balaban J connectivity index is 0.00000312. The zero-order chi connectivity index (χ0) is 17.4. The first kappa shape index (κ1) is 22.2. The number of aliphatic hydroxyl groups excluding tert-OH is 1. The molecular weight excluding hydrogens is 516 g/mol. The van der Waals surface area contributed by atoms with Gasteiger partial charge in [-0.2, -0.15) is 0 Å². The van der Waals surface area contributed by atoms with E-state index < -0.39 is 0 Å². The minimum absolute atomic E-state index is 0. The summed E-state index contributed by atoms with van der Waals surface area (Å²) in [6.45, 7) is 1.24. The second-order valence-corrected chi connectivity index (χ2v) is 6.66. The predicted molar refractivity (Wildman–Crippen MR) is 119 cm³/mol. The number of nitrogens with zero attached hydrogens (tertiary/aromatic N) is 1. The average molecular weight is 539 g/mol. The molecule has 0 aliphatic heterocycles. The van der Waals surface area contributed by atoms with Gasteiger partial charge in [0, 0.05) is 35.6 Å². The minimum atomic E-state index is 0. The van der Waals surface area contributed by atoms with Crippen LogP contribution in [0.4, 0.5) is 0 Å². The summed E-state index contributed by atoms with van der Waals surface area (Å²) in [6, 6.07) is 15.7. The van der Waals surface area contributed by atoms with Gasteiger partial charge in [0.2, 0.25) is 0 Å². The molecule has 2 aromatic rings. The predicted octanol–water partition coefficient (Wildman–Crippen LogP) is 4.16. The summed E-state index contributed by atoms with van der Waals surface area (Å²) in [5, 5.41) is 16.8. The molecule has 0 fully saturated rings. The monoisotopic (exact) mass is 537 g/mol. The molecule has 0 saturated carbocycles. The number of guanidine groups is 1. The highest BCUT2D eigenvalue weighted by Crippen LogP contribution is 2.21. The maximum Gasteiger partial charge on any atom is 0.191 e. The van der Waals surface area contributed by atoms with Gasteiger partial charge in [0.1, 0.15) is 0 Å². The van der Waals surface area contributed by atoms with E-state index in [-0.39, 0.29) is 36.5 Å². The number of aliphatic hydroxyl groups is 1. The Morgan fingerprint density at radius 3 is 2.52 bits per heavy atom. The molecule has 0 radical (unpaired) electrons. The summed E-state index contributed by atoms with van der Waals surface area (Å²) in [5.41, 5.74) is 2.09. The van der Waals surface area contributed by atoms with Gasteiger partial charge in [-0.1, -0.05) is 63.9 Å². The standard InChI is InChI=1S/C18H21BrClN3O.HI/c1-21-18(22-10-14-7-8-16(19)9-17(14)20)23-11-15(12-24)13-5-3-2-4-6-13;/h2-9,15,24H,10-12H2,1H3,(H2,21,22,23);1H. The van der Waals surface area contributed by atoms with Crippen molar-refractivity contribution in [2.24, 2.45) is 4.99 Å². The molecular formula is C18H22BrClIN3O. The van der Waals surface area contributed by atoms with Gasteiger partial charge < -0.3 is 15.7 Å². The Morgan fingerprint density at radius 1 is 1.20 bits per heavy atom. The largest absolute Gasteiger partial charge is 0.396 e. The summed E-state index contributed by atoms with van der Waals surface area (Å²) in [5.74, 6) is 0.685. The molecule has 0 heterocycles. The zero-order valence-electron chi connectivity index (χ0n) is 13.9. The van der Waals surface area contributed by atoms with Gasteiger partial charge in [-0.15, -0.1) is 24.0 Å². The lowest BCUT2D eigenvalue weighted by molar-refractivity contribution is 0.265. The van der Waals surface area contributed by atoms with E-state index in [2.05, 4.69) is 31.6 Å². The lowest BCUT2D eigenvalue weighted by Crippen LogP contribution is -2.39. The highest BCUT2D eigenvalue weighted by atomic mass is 127. The molecule has 1 unspecified atom stereocenters. The molecule has 4 nitrogen and oxygen atoms in total. The molecule has 7 heteroatoms. The van der Waals surface area contributed by atoms with Crippen LogP contribution in [0.1, 0.15) is 17.0 Å². The van der Waals surface area contributed by atoms with Crippen LogP contribution in [0.3, 0.4) is 0 Å². The molecule has 2 aromatic carbocycles. The molecule has 1 atom stereocenters. The summed E-state index contributed by atoms with van der Waals surface area (Å²) in [7, 11) is 1.72. The lowest BCUT2D eigenvalue weighted by Gasteiger charge is -2.18. The van der Waals surface area contributed by atoms with Crippen molar-refractivity contribution >= 4 is 57.5 Å². The quantitative estimate of drug-likeness (QED) is 0.294. The fourth-order valence-corrected chi connectivity index (χ4v) is 3.04. The number of rotatable bonds is 6. The van der Waals surface area contributed by atoms with Crippen LogP contribution >= 0.6 is 51.5 Å². The summed E-state index contributed by atoms with van der Waals surface area (Å²) in [6.07, 6.45) is 0. The maximum atomic E-state index is 9.61. The summed E-state index contributed by atoms with van der Waals surface area (Å²) >= 11 is 9.62. The zero-order valence-corrected chi connectivity index (χ0v) is 18.5. The number of hydrogen-bond acceptors (Lipinski definition) is 2. The highest BCUT2D eigenvalue weighted by molar-refractivity contribution is 14.0. The third-order valence-corrected chi connectivity index (χ3v) is 4.54. The maximum absolute atomic E-state index is 9.61. The van der Waals surface area contributed by atoms with Crippen molar-refractivity contribution in [3.05, 3.63) is 69.2 Å². The molecule has 136 valence electrons. The third kappa shape index (κ3) is 7.13. The third-order valence-electron chi connectivity index (χ3n) is 3.69. The van der Waals surface area contributed by atoms with Gasteiger partial charge in [-0.05, 0) is 23.3 Å². The second kappa shape index (κ2) is 11.7. The van der Waals surface area contributed by atoms with Crippen molar-refractivity contribution < 1.29 is 5.11 Å². The van der Waals surface area contributed by atoms with Gasteiger partial charge >= 0.3 is 0 Å². The SMILES string of the molecule is CN=C(NCc1ccc(Br)cc1Cl)NCC(CO)c1ccccc1.I. The van der Waals surface area contributed by atoms with E-state index in [0.29, 0.717) is 24.1 Å². The Morgan fingerprint density at radius 2 is 1.92 bits per heavy atom. The molecule has 0 bridgehead atoms. The molecule has 0 amide bonds. The highest BCUT2D eigenvalue weighted by Gasteiger charge is 2.11. The van der Waals surface area contributed by atoms with Crippen LogP contribution in [0.15, 0.2) is 58.0 Å². The molecule has 2 rings (SSSR count). The smallest absolute Gasteiger partial charge is 0.191 e. The summed E-state index contributed by atoms with van der Waals surface area (Å²) < 4.78 is 0.951. The van der Waals surface area contributed by atoms with Crippen LogP contribution < -0.4 is 10.6 Å². The van der Waals surface area contributed by atoms with E-state index >= 15 is 0 Å². The van der Waals surface area contributed by atoms with Crippen LogP contribution in [-0.4, -0.2) is 31.3 Å². The van der Waals surface area contributed by atoms with Crippen molar-refractivity contribution in [2.75, 3.05) is 20.2 Å². The topological polar surface area (TPSA) is 56.7 Å². The van der Waals surface area contributed by atoms with Crippen molar-refractivity contribution in [1.82, 2.24) is 10.6 Å². The van der Waals surface area contributed by atoms with E-state index in [0.717, 1.165) is 15.6 Å². The normalized spacial score (nSPS) is 12.2. The van der Waals surface area contributed by atoms with E-state index in [9.17, 15) is 5.11 Å². The Bertz CT molecular complexity index is 685. The van der Waals surface area contributed by atoms with Crippen molar-refractivity contribution in [1.29, 1.82) is 0 Å². The van der Waals surface area contributed by atoms with Crippen LogP contribution in [0.25, 0.3) is 0 Å². The molecule has 0 saturated heterocycles. The van der Waals surface area contributed by atoms with Gasteiger partial charge in [0.15, 0.2) is 5.96 Å². The molecule has 0 aliphatic rings. The van der Waals surface area contributed by atoms with Crippen LogP contribution in [0.5, 0.6) is 0 Å². The van der Waals surface area contributed by atoms with E-state index in [1.165, 1.54) is 0 Å². The van der Waals surface area contributed by atoms with Crippen LogP contribution in [-0.2, 0) is 6.54 Å². The van der Waals surface area contributed by atoms with Gasteiger partial charge in [0.25, 0.3) is 0 Å². The average Bonchev–Trinajstić information content (AvgIpc) is 2.60. The number of halogens is 3. The Labute approximate surface area is 179 Å². The molecule has 0 aliphatic carbocycles. The van der Waals surface area contributed by atoms with Crippen LogP contribution in [0.2, 0.25) is 5.02 Å². The second-order valence-electron chi connectivity index (χ2n) is 5.33. The molecule has 3 N–H and O–H groups in total. The summed E-state index contributed by atoms with van der Waals surface area (Å²) in [4.78, 5) is 4.21. The fraction of sp³-hybridized carbons (Fsp3) is 0.278. The van der Waals surface area contributed by atoms with E-state index in [1.54, 1.807) is 7.05 Å². The first-order valence-electron chi connectivity index (χ1n) is 7.68. The number of aliphatic imine (C=N–C) groups is 1. The molecule has 0 aromatic heterocycles. The van der Waals surface area contributed by atoms with Crippen molar-refractivity contribution in [3.8, 4) is 0 Å². The fourth-order valence-electron chi connectivity index (χ4n) is 2.30. The lowest BCUT2D eigenvalue weighted by atomic mass is 10.0. The van der Waals surface area contributed by atoms with Crippen molar-refractivity contribution in [2.45, 2.75) is 12.5 Å². The van der Waals surface area contributed by atoms with E-state index in [4.69, 9.17) is 11.6 Å². The Hall–Kier alpha value is -0.830. The van der Waals surface area contributed by atoms with Gasteiger partial charge in [0.05, 0.1) is 6.61 Å². The van der Waals surface area contributed by atoms with Gasteiger partial charge in [-0.3, -0.25) is 4.99 Å². The first-order valence-corrected chi connectivity index (χ1v) is 8.85. The molecule has 0 spiro atoms. The number of hydrogen-bond donors (Lipinski definition) is 3. The minimum Gasteiger partial charge on any atom is -0.396 e. The van der Waals surface area contributed by atoms with Crippen molar-refractivity contribution in [3.63, 3.8) is 0 Å².